The van der Waals surface area contributed by atoms with E-state index in [1.165, 1.54) is 24.3 Å². The molecule has 2 aliphatic rings. The Labute approximate surface area is 144 Å². The molecule has 0 aliphatic carbocycles. The smallest absolute Gasteiger partial charge is 0.191 e. The zero-order valence-electron chi connectivity index (χ0n) is 12.4. The van der Waals surface area contributed by atoms with E-state index in [0.717, 1.165) is 51.1 Å². The molecule has 2 heterocycles. The molecule has 1 unspecified atom stereocenters. The van der Waals surface area contributed by atoms with Gasteiger partial charge in [-0.25, -0.2) is 0 Å². The van der Waals surface area contributed by atoms with E-state index in [2.05, 4.69) is 34.3 Å². The van der Waals surface area contributed by atoms with Gasteiger partial charge in [0, 0.05) is 32.2 Å². The largest absolute Gasteiger partial charge is 0.381 e. The monoisotopic (exact) mass is 413 g/mol. The molecule has 2 rings (SSSR count). The van der Waals surface area contributed by atoms with Gasteiger partial charge in [0.1, 0.15) is 0 Å². The lowest BCUT2D eigenvalue weighted by atomic mass is 10.0. The molecular formula is C14H28IN3OS. The van der Waals surface area contributed by atoms with Gasteiger partial charge < -0.3 is 15.4 Å². The van der Waals surface area contributed by atoms with Crippen LogP contribution < -0.4 is 10.6 Å². The molecule has 6 heteroatoms. The number of hydrogen-bond acceptors (Lipinski definition) is 3. The topological polar surface area (TPSA) is 45.7 Å². The highest BCUT2D eigenvalue weighted by Crippen LogP contribution is 2.21. The number of guanidine groups is 1. The van der Waals surface area contributed by atoms with E-state index in [4.69, 9.17) is 4.74 Å². The molecular weight excluding hydrogens is 385 g/mol. The number of nitrogens with one attached hydrogen (secondary N) is 2. The first kappa shape index (κ1) is 18.4. The predicted octanol–water partition coefficient (Wildman–Crippen LogP) is 2.34. The summed E-state index contributed by atoms with van der Waals surface area (Å²) >= 11 is 2.08. The van der Waals surface area contributed by atoms with Crippen LogP contribution in [-0.4, -0.2) is 50.3 Å². The molecule has 2 aliphatic heterocycles. The third-order valence-electron chi connectivity index (χ3n) is 3.77. The summed E-state index contributed by atoms with van der Waals surface area (Å²) < 4.78 is 5.39. The summed E-state index contributed by atoms with van der Waals surface area (Å²) in [6.07, 6.45) is 3.84. The minimum atomic E-state index is 0. The maximum absolute atomic E-state index is 5.39. The summed E-state index contributed by atoms with van der Waals surface area (Å²) in [6, 6.07) is 0. The molecule has 0 aromatic carbocycles. The molecule has 4 nitrogen and oxygen atoms in total. The molecule has 0 amide bonds. The summed E-state index contributed by atoms with van der Waals surface area (Å²) in [5.74, 6) is 5.05. The maximum Gasteiger partial charge on any atom is 0.191 e. The average molecular weight is 413 g/mol. The first-order valence-electron chi connectivity index (χ1n) is 7.56. The zero-order valence-corrected chi connectivity index (χ0v) is 15.5. The van der Waals surface area contributed by atoms with Crippen molar-refractivity contribution in [3.63, 3.8) is 0 Å². The van der Waals surface area contributed by atoms with E-state index in [0.29, 0.717) is 5.92 Å². The quantitative estimate of drug-likeness (QED) is 0.413. The van der Waals surface area contributed by atoms with Crippen molar-refractivity contribution in [3.05, 3.63) is 0 Å². The van der Waals surface area contributed by atoms with Gasteiger partial charge in [-0.05, 0) is 43.6 Å². The first-order valence-corrected chi connectivity index (χ1v) is 8.71. The molecule has 0 aromatic heterocycles. The third kappa shape index (κ3) is 6.85. The molecule has 0 saturated carbocycles. The van der Waals surface area contributed by atoms with Gasteiger partial charge in [0.25, 0.3) is 0 Å². The van der Waals surface area contributed by atoms with Gasteiger partial charge in [0.2, 0.25) is 0 Å². The Hall–Kier alpha value is 0.310. The lowest BCUT2D eigenvalue weighted by molar-refractivity contribution is 0.187. The van der Waals surface area contributed by atoms with Crippen LogP contribution in [0.1, 0.15) is 26.2 Å². The van der Waals surface area contributed by atoms with E-state index in [9.17, 15) is 0 Å². The Balaban J connectivity index is 0.00000200. The Kier molecular flexibility index (Phi) is 10.1. The molecule has 0 aromatic rings. The van der Waals surface area contributed by atoms with Gasteiger partial charge in [0.05, 0.1) is 6.61 Å². The van der Waals surface area contributed by atoms with Crippen molar-refractivity contribution in [2.45, 2.75) is 26.2 Å². The highest BCUT2D eigenvalue weighted by atomic mass is 127. The molecule has 2 N–H and O–H groups in total. The molecule has 118 valence electrons. The van der Waals surface area contributed by atoms with Crippen LogP contribution in [0.3, 0.4) is 0 Å². The summed E-state index contributed by atoms with van der Waals surface area (Å²) in [7, 11) is 0. The van der Waals surface area contributed by atoms with E-state index in [-0.39, 0.29) is 24.0 Å². The fraction of sp³-hybridized carbons (Fsp3) is 0.929. The number of ether oxygens (including phenoxy) is 1. The van der Waals surface area contributed by atoms with E-state index < -0.39 is 0 Å². The van der Waals surface area contributed by atoms with Gasteiger partial charge in [-0.2, -0.15) is 11.8 Å². The summed E-state index contributed by atoms with van der Waals surface area (Å²) in [5, 5.41) is 6.84. The Morgan fingerprint density at radius 2 is 2.00 bits per heavy atom. The zero-order chi connectivity index (χ0) is 13.3. The number of nitrogens with zero attached hydrogens (tertiary/aromatic N) is 1. The van der Waals surface area contributed by atoms with Crippen LogP contribution in [0.25, 0.3) is 0 Å². The van der Waals surface area contributed by atoms with Crippen molar-refractivity contribution < 1.29 is 4.74 Å². The highest BCUT2D eigenvalue weighted by molar-refractivity contribution is 14.0. The third-order valence-corrected chi connectivity index (χ3v) is 4.82. The summed E-state index contributed by atoms with van der Waals surface area (Å²) in [6.45, 7) is 6.77. The van der Waals surface area contributed by atoms with E-state index in [1.54, 1.807) is 0 Å². The number of hydrogen-bond donors (Lipinski definition) is 2. The fourth-order valence-electron chi connectivity index (χ4n) is 2.48. The van der Waals surface area contributed by atoms with Crippen molar-refractivity contribution in [2.75, 3.05) is 44.4 Å². The van der Waals surface area contributed by atoms with Crippen molar-refractivity contribution in [1.82, 2.24) is 10.6 Å². The number of aliphatic imine (C=N–C) groups is 1. The van der Waals surface area contributed by atoms with Crippen LogP contribution in [0.5, 0.6) is 0 Å². The summed E-state index contributed by atoms with van der Waals surface area (Å²) in [5.41, 5.74) is 0. The van der Waals surface area contributed by atoms with Crippen LogP contribution in [-0.2, 0) is 4.74 Å². The maximum atomic E-state index is 5.39. The van der Waals surface area contributed by atoms with Crippen molar-refractivity contribution in [3.8, 4) is 0 Å². The lowest BCUT2D eigenvalue weighted by Gasteiger charge is -2.22. The Morgan fingerprint density at radius 1 is 1.20 bits per heavy atom. The molecule has 2 saturated heterocycles. The van der Waals surface area contributed by atoms with E-state index >= 15 is 0 Å². The fourth-order valence-corrected chi connectivity index (χ4v) is 3.69. The van der Waals surface area contributed by atoms with Crippen LogP contribution in [0.4, 0.5) is 0 Å². The SMILES string of the molecule is CCNC(=NCC1CCOC1)NCC1CCSCC1.I. The summed E-state index contributed by atoms with van der Waals surface area (Å²) in [4.78, 5) is 4.69. The van der Waals surface area contributed by atoms with Gasteiger partial charge in [-0.1, -0.05) is 0 Å². The molecule has 20 heavy (non-hydrogen) atoms. The van der Waals surface area contributed by atoms with Crippen LogP contribution in [0, 0.1) is 11.8 Å². The number of rotatable bonds is 5. The van der Waals surface area contributed by atoms with Crippen LogP contribution >= 0.6 is 35.7 Å². The highest BCUT2D eigenvalue weighted by Gasteiger charge is 2.16. The second-order valence-electron chi connectivity index (χ2n) is 5.39. The minimum Gasteiger partial charge on any atom is -0.381 e. The van der Waals surface area contributed by atoms with Crippen molar-refractivity contribution in [1.29, 1.82) is 0 Å². The normalized spacial score (nSPS) is 24.2. The minimum absolute atomic E-state index is 0. The predicted molar refractivity (Wildman–Crippen MR) is 98.4 cm³/mol. The lowest BCUT2D eigenvalue weighted by Crippen LogP contribution is -2.40. The Morgan fingerprint density at radius 3 is 2.65 bits per heavy atom. The standard InChI is InChI=1S/C14H27N3OS.HI/c1-2-15-14(17-10-13-3-6-18-11-13)16-9-12-4-7-19-8-5-12;/h12-13H,2-11H2,1H3,(H2,15,16,17);1H. The average Bonchev–Trinajstić information content (AvgIpc) is 2.96. The van der Waals surface area contributed by atoms with Gasteiger partial charge in [0.15, 0.2) is 5.96 Å². The molecule has 0 spiro atoms. The van der Waals surface area contributed by atoms with Crippen LogP contribution in [0.15, 0.2) is 4.99 Å². The number of thioether (sulfide) groups is 1. The molecule has 0 bridgehead atoms. The second-order valence-corrected chi connectivity index (χ2v) is 6.61. The van der Waals surface area contributed by atoms with Crippen LogP contribution in [0.2, 0.25) is 0 Å². The van der Waals surface area contributed by atoms with Crippen molar-refractivity contribution >= 4 is 41.7 Å². The van der Waals surface area contributed by atoms with Gasteiger partial charge in [-0.3, -0.25) is 4.99 Å². The van der Waals surface area contributed by atoms with E-state index in [1.807, 2.05) is 0 Å². The molecule has 1 atom stereocenters. The van der Waals surface area contributed by atoms with Gasteiger partial charge in [-0.15, -0.1) is 24.0 Å². The van der Waals surface area contributed by atoms with Crippen molar-refractivity contribution in [2.24, 2.45) is 16.8 Å². The second kappa shape index (κ2) is 11.0. The molecule has 0 radical (unpaired) electrons. The first-order chi connectivity index (χ1) is 9.38. The number of halogens is 1. The molecule has 2 fully saturated rings. The van der Waals surface area contributed by atoms with Gasteiger partial charge >= 0.3 is 0 Å². The Bertz CT molecular complexity index is 280.